The number of benzene rings is 2. The maximum atomic E-state index is 6.07. The predicted molar refractivity (Wildman–Crippen MR) is 78.4 cm³/mol. The van der Waals surface area contributed by atoms with Gasteiger partial charge in [0.25, 0.3) is 0 Å². The van der Waals surface area contributed by atoms with Crippen LogP contribution in [-0.2, 0) is 6.54 Å². The molecule has 92 valence electrons. The molecule has 19 heavy (non-hydrogen) atoms. The SMILES string of the molecule is C#CCn1cnc(-c2ccc3ccccc3c2)c1N. The monoisotopic (exact) mass is 247 g/mol. The molecule has 0 spiro atoms. The molecule has 0 unspecified atom stereocenters. The van der Waals surface area contributed by atoms with Crippen LogP contribution in [0.15, 0.2) is 48.8 Å². The van der Waals surface area contributed by atoms with Gasteiger partial charge in [-0.05, 0) is 16.8 Å². The van der Waals surface area contributed by atoms with Gasteiger partial charge in [0, 0.05) is 5.56 Å². The van der Waals surface area contributed by atoms with Crippen LogP contribution in [0.2, 0.25) is 0 Å². The first-order valence-electron chi connectivity index (χ1n) is 6.03. The molecule has 0 fully saturated rings. The minimum absolute atomic E-state index is 0.437. The quantitative estimate of drug-likeness (QED) is 0.708. The van der Waals surface area contributed by atoms with Crippen molar-refractivity contribution in [2.75, 3.05) is 5.73 Å². The average molecular weight is 247 g/mol. The summed E-state index contributed by atoms with van der Waals surface area (Å²) in [7, 11) is 0. The number of anilines is 1. The summed E-state index contributed by atoms with van der Waals surface area (Å²) in [5, 5.41) is 2.37. The number of fused-ring (bicyclic) bond motifs is 1. The Morgan fingerprint density at radius 2 is 1.95 bits per heavy atom. The molecule has 3 nitrogen and oxygen atoms in total. The van der Waals surface area contributed by atoms with Crippen molar-refractivity contribution in [1.82, 2.24) is 9.55 Å². The summed E-state index contributed by atoms with van der Waals surface area (Å²) >= 11 is 0. The van der Waals surface area contributed by atoms with Crippen molar-refractivity contribution in [3.05, 3.63) is 48.8 Å². The fourth-order valence-electron chi connectivity index (χ4n) is 2.18. The van der Waals surface area contributed by atoms with Crippen LogP contribution in [0.5, 0.6) is 0 Å². The Kier molecular flexibility index (Phi) is 2.70. The summed E-state index contributed by atoms with van der Waals surface area (Å²) < 4.78 is 1.77. The third-order valence-corrected chi connectivity index (χ3v) is 3.16. The number of imidazole rings is 1. The highest BCUT2D eigenvalue weighted by molar-refractivity contribution is 5.88. The summed E-state index contributed by atoms with van der Waals surface area (Å²) in [6.45, 7) is 0.437. The van der Waals surface area contributed by atoms with Gasteiger partial charge < -0.3 is 10.3 Å². The number of nitrogens with two attached hydrogens (primary N) is 1. The average Bonchev–Trinajstić information content (AvgIpc) is 2.80. The fraction of sp³-hybridized carbons (Fsp3) is 0.0625. The summed E-state index contributed by atoms with van der Waals surface area (Å²) in [6, 6.07) is 14.4. The molecule has 1 aromatic heterocycles. The zero-order valence-corrected chi connectivity index (χ0v) is 10.4. The van der Waals surface area contributed by atoms with Gasteiger partial charge in [0.1, 0.15) is 11.5 Å². The number of hydrogen-bond acceptors (Lipinski definition) is 2. The lowest BCUT2D eigenvalue weighted by Crippen LogP contribution is -2.00. The standard InChI is InChI=1S/C16H13N3/c1-2-9-19-11-18-15(16(19)17)14-8-7-12-5-3-4-6-13(12)10-14/h1,3-8,10-11H,9,17H2. The van der Waals surface area contributed by atoms with E-state index < -0.39 is 0 Å². The van der Waals surface area contributed by atoms with Crippen LogP contribution in [0.25, 0.3) is 22.0 Å². The van der Waals surface area contributed by atoms with Gasteiger partial charge in [-0.1, -0.05) is 42.3 Å². The highest BCUT2D eigenvalue weighted by Gasteiger charge is 2.09. The van der Waals surface area contributed by atoms with Crippen molar-refractivity contribution in [3.8, 4) is 23.6 Å². The van der Waals surface area contributed by atoms with Crippen molar-refractivity contribution in [2.24, 2.45) is 0 Å². The molecule has 0 aliphatic carbocycles. The molecule has 0 saturated carbocycles. The Hall–Kier alpha value is -2.73. The molecule has 0 bridgehead atoms. The summed E-state index contributed by atoms with van der Waals surface area (Å²) in [5.41, 5.74) is 7.86. The van der Waals surface area contributed by atoms with Crippen LogP contribution in [0.3, 0.4) is 0 Å². The van der Waals surface area contributed by atoms with Gasteiger partial charge in [-0.3, -0.25) is 0 Å². The van der Waals surface area contributed by atoms with E-state index in [0.717, 1.165) is 11.3 Å². The maximum Gasteiger partial charge on any atom is 0.132 e. The molecule has 3 aromatic rings. The van der Waals surface area contributed by atoms with Gasteiger partial charge in [-0.15, -0.1) is 6.42 Å². The van der Waals surface area contributed by atoms with E-state index in [9.17, 15) is 0 Å². The van der Waals surface area contributed by atoms with E-state index in [0.29, 0.717) is 12.4 Å². The molecule has 0 radical (unpaired) electrons. The van der Waals surface area contributed by atoms with Gasteiger partial charge in [0.05, 0.1) is 12.9 Å². The van der Waals surface area contributed by atoms with E-state index in [-0.39, 0.29) is 0 Å². The second-order valence-corrected chi connectivity index (χ2v) is 4.37. The van der Waals surface area contributed by atoms with Crippen LogP contribution >= 0.6 is 0 Å². The first kappa shape index (κ1) is 11.4. The van der Waals surface area contributed by atoms with E-state index in [4.69, 9.17) is 12.2 Å². The zero-order valence-electron chi connectivity index (χ0n) is 10.4. The molecule has 0 atom stereocenters. The van der Waals surface area contributed by atoms with E-state index in [2.05, 4.69) is 35.2 Å². The van der Waals surface area contributed by atoms with Crippen molar-refractivity contribution in [1.29, 1.82) is 0 Å². The van der Waals surface area contributed by atoms with Crippen molar-refractivity contribution >= 4 is 16.6 Å². The maximum absolute atomic E-state index is 6.07. The van der Waals surface area contributed by atoms with Gasteiger partial charge >= 0.3 is 0 Å². The fourth-order valence-corrected chi connectivity index (χ4v) is 2.18. The Morgan fingerprint density at radius 3 is 2.74 bits per heavy atom. The molecule has 3 heteroatoms. The minimum Gasteiger partial charge on any atom is -0.383 e. The highest BCUT2D eigenvalue weighted by Crippen LogP contribution is 2.27. The topological polar surface area (TPSA) is 43.8 Å². The summed E-state index contributed by atoms with van der Waals surface area (Å²) in [5.74, 6) is 3.17. The normalized spacial score (nSPS) is 10.5. The number of nitrogens with zero attached hydrogens (tertiary/aromatic N) is 2. The van der Waals surface area contributed by atoms with E-state index in [1.54, 1.807) is 10.9 Å². The van der Waals surface area contributed by atoms with Gasteiger partial charge in [0.2, 0.25) is 0 Å². The van der Waals surface area contributed by atoms with Crippen LogP contribution in [0, 0.1) is 12.3 Å². The lowest BCUT2D eigenvalue weighted by molar-refractivity contribution is 0.852. The molecule has 0 aliphatic heterocycles. The number of aromatic nitrogens is 2. The van der Waals surface area contributed by atoms with E-state index in [1.165, 1.54) is 10.8 Å². The Labute approximate surface area is 111 Å². The van der Waals surface area contributed by atoms with Crippen molar-refractivity contribution in [3.63, 3.8) is 0 Å². The molecule has 0 amide bonds. The second kappa shape index (κ2) is 4.51. The number of nitrogen functional groups attached to an aromatic ring is 1. The van der Waals surface area contributed by atoms with E-state index in [1.807, 2.05) is 18.2 Å². The van der Waals surface area contributed by atoms with Crippen molar-refractivity contribution < 1.29 is 0 Å². The van der Waals surface area contributed by atoms with Crippen LogP contribution in [0.4, 0.5) is 5.82 Å². The first-order valence-corrected chi connectivity index (χ1v) is 6.03. The third kappa shape index (κ3) is 1.94. The number of terminal acetylenes is 1. The Balaban J connectivity index is 2.12. The van der Waals surface area contributed by atoms with Crippen LogP contribution < -0.4 is 5.73 Å². The first-order chi connectivity index (χ1) is 9.29. The lowest BCUT2D eigenvalue weighted by atomic mass is 10.1. The van der Waals surface area contributed by atoms with Gasteiger partial charge in [-0.2, -0.15) is 0 Å². The van der Waals surface area contributed by atoms with Crippen LogP contribution in [0.1, 0.15) is 0 Å². The molecule has 0 saturated heterocycles. The number of rotatable bonds is 2. The van der Waals surface area contributed by atoms with Gasteiger partial charge in [-0.25, -0.2) is 4.98 Å². The third-order valence-electron chi connectivity index (χ3n) is 3.16. The summed E-state index contributed by atoms with van der Waals surface area (Å²) in [6.07, 6.45) is 6.98. The number of hydrogen-bond donors (Lipinski definition) is 1. The molecule has 3 rings (SSSR count). The molecular formula is C16H13N3. The molecule has 2 aromatic carbocycles. The summed E-state index contributed by atoms with van der Waals surface area (Å²) in [4.78, 5) is 4.35. The molecular weight excluding hydrogens is 234 g/mol. The Bertz CT molecular complexity index is 778. The van der Waals surface area contributed by atoms with Crippen LogP contribution in [-0.4, -0.2) is 9.55 Å². The van der Waals surface area contributed by atoms with Crippen molar-refractivity contribution in [2.45, 2.75) is 6.54 Å². The Morgan fingerprint density at radius 1 is 1.16 bits per heavy atom. The molecule has 1 heterocycles. The molecule has 0 aliphatic rings. The lowest BCUT2D eigenvalue weighted by Gasteiger charge is -2.04. The van der Waals surface area contributed by atoms with Gasteiger partial charge in [0.15, 0.2) is 0 Å². The highest BCUT2D eigenvalue weighted by atomic mass is 15.1. The second-order valence-electron chi connectivity index (χ2n) is 4.37. The zero-order chi connectivity index (χ0) is 13.2. The van der Waals surface area contributed by atoms with E-state index >= 15 is 0 Å². The predicted octanol–water partition coefficient (Wildman–Crippen LogP) is 2.92. The minimum atomic E-state index is 0.437. The largest absolute Gasteiger partial charge is 0.383 e. The smallest absolute Gasteiger partial charge is 0.132 e. The molecule has 2 N–H and O–H groups in total.